The number of allylic oxidation sites excluding steroid dienone is 3. The minimum Gasteiger partial charge on any atom is -0.309 e. The standard InChI is InChI=1S/C31H35N/c1-8-9-17-30(4,5)21-31(6,7)24-11-10-12-25(20-24)32-28-15-13-22(2)18-26(28)27-19-23(3)14-16-29(27)32/h8-20H,1,21H2,2-7H3/b17-9+. The molecule has 0 aliphatic heterocycles. The van der Waals surface area contributed by atoms with Crippen LogP contribution in [0.15, 0.2) is 85.5 Å². The smallest absolute Gasteiger partial charge is 0.0541 e. The zero-order valence-corrected chi connectivity index (χ0v) is 20.4. The van der Waals surface area contributed by atoms with E-state index in [1.165, 1.54) is 44.2 Å². The summed E-state index contributed by atoms with van der Waals surface area (Å²) in [4.78, 5) is 0. The predicted molar refractivity (Wildman–Crippen MR) is 141 cm³/mol. The predicted octanol–water partition coefficient (Wildman–Crippen LogP) is 8.84. The third-order valence-corrected chi connectivity index (χ3v) is 6.54. The van der Waals surface area contributed by atoms with Gasteiger partial charge in [-0.15, -0.1) is 0 Å². The summed E-state index contributed by atoms with van der Waals surface area (Å²) in [7, 11) is 0. The molecular formula is C31H35N. The molecule has 0 aliphatic carbocycles. The van der Waals surface area contributed by atoms with Gasteiger partial charge in [-0.05, 0) is 73.1 Å². The highest BCUT2D eigenvalue weighted by atomic mass is 15.0. The number of benzene rings is 3. The second-order valence-electron chi connectivity index (χ2n) is 10.6. The second kappa shape index (κ2) is 8.13. The number of hydrogen-bond acceptors (Lipinski definition) is 0. The van der Waals surface area contributed by atoms with Gasteiger partial charge in [-0.25, -0.2) is 0 Å². The van der Waals surface area contributed by atoms with Crippen LogP contribution in [0, 0.1) is 19.3 Å². The van der Waals surface area contributed by atoms with Crippen LogP contribution in [0.2, 0.25) is 0 Å². The first-order valence-corrected chi connectivity index (χ1v) is 11.5. The molecule has 164 valence electrons. The average molecular weight is 422 g/mol. The quantitative estimate of drug-likeness (QED) is 0.274. The minimum absolute atomic E-state index is 0.0386. The van der Waals surface area contributed by atoms with Crippen LogP contribution >= 0.6 is 0 Å². The van der Waals surface area contributed by atoms with Gasteiger partial charge in [0.2, 0.25) is 0 Å². The van der Waals surface area contributed by atoms with Crippen molar-refractivity contribution in [1.29, 1.82) is 0 Å². The van der Waals surface area contributed by atoms with Crippen LogP contribution in [0.5, 0.6) is 0 Å². The molecule has 0 radical (unpaired) electrons. The van der Waals surface area contributed by atoms with Crippen LogP contribution in [0.3, 0.4) is 0 Å². The van der Waals surface area contributed by atoms with Crippen molar-refractivity contribution < 1.29 is 0 Å². The van der Waals surface area contributed by atoms with Crippen LogP contribution < -0.4 is 0 Å². The first-order valence-electron chi connectivity index (χ1n) is 11.5. The van der Waals surface area contributed by atoms with Crippen molar-refractivity contribution in [1.82, 2.24) is 4.57 Å². The molecule has 0 saturated heterocycles. The Bertz CT molecular complexity index is 1270. The van der Waals surface area contributed by atoms with Gasteiger partial charge < -0.3 is 4.57 Å². The summed E-state index contributed by atoms with van der Waals surface area (Å²) in [6.45, 7) is 17.5. The topological polar surface area (TPSA) is 4.93 Å². The van der Waals surface area contributed by atoms with E-state index in [0.717, 1.165) is 6.42 Å². The molecule has 0 N–H and O–H groups in total. The monoisotopic (exact) mass is 421 g/mol. The first-order chi connectivity index (χ1) is 15.1. The van der Waals surface area contributed by atoms with Gasteiger partial charge in [-0.3, -0.25) is 0 Å². The molecule has 0 aliphatic rings. The lowest BCUT2D eigenvalue weighted by Gasteiger charge is -2.34. The number of rotatable bonds is 6. The highest BCUT2D eigenvalue weighted by Gasteiger charge is 2.29. The molecule has 0 fully saturated rings. The summed E-state index contributed by atoms with van der Waals surface area (Å²) < 4.78 is 2.42. The van der Waals surface area contributed by atoms with E-state index in [0.29, 0.717) is 0 Å². The summed E-state index contributed by atoms with van der Waals surface area (Å²) in [5.41, 5.74) is 7.84. The maximum absolute atomic E-state index is 3.83. The molecule has 32 heavy (non-hydrogen) atoms. The number of fused-ring (bicyclic) bond motifs is 3. The lowest BCUT2D eigenvalue weighted by atomic mass is 9.71. The minimum atomic E-state index is 0.0386. The van der Waals surface area contributed by atoms with E-state index in [1.54, 1.807) is 0 Å². The van der Waals surface area contributed by atoms with Gasteiger partial charge in [-0.2, -0.15) is 0 Å². The molecule has 4 rings (SSSR count). The third kappa shape index (κ3) is 4.17. The molecule has 0 unspecified atom stereocenters. The largest absolute Gasteiger partial charge is 0.309 e. The zero-order valence-electron chi connectivity index (χ0n) is 20.4. The average Bonchev–Trinajstić information content (AvgIpc) is 3.04. The van der Waals surface area contributed by atoms with E-state index < -0.39 is 0 Å². The molecule has 0 spiro atoms. The highest BCUT2D eigenvalue weighted by molar-refractivity contribution is 6.09. The van der Waals surface area contributed by atoms with Gasteiger partial charge in [0.1, 0.15) is 0 Å². The SMILES string of the molecule is C=C/C=C/C(C)(C)CC(C)(C)c1cccc(-n2c3ccc(C)cc3c3cc(C)ccc32)c1. The van der Waals surface area contributed by atoms with Crippen molar-refractivity contribution in [3.63, 3.8) is 0 Å². The summed E-state index contributed by atoms with van der Waals surface area (Å²) >= 11 is 0. The van der Waals surface area contributed by atoms with E-state index in [2.05, 4.69) is 126 Å². The molecule has 0 bridgehead atoms. The normalized spacial score (nSPS) is 12.8. The van der Waals surface area contributed by atoms with E-state index in [4.69, 9.17) is 0 Å². The summed E-state index contributed by atoms with van der Waals surface area (Å²) in [5.74, 6) is 0. The van der Waals surface area contributed by atoms with Crippen molar-refractivity contribution in [2.45, 2.75) is 53.4 Å². The van der Waals surface area contributed by atoms with Gasteiger partial charge in [0.25, 0.3) is 0 Å². The van der Waals surface area contributed by atoms with Crippen LogP contribution in [0.25, 0.3) is 27.5 Å². The van der Waals surface area contributed by atoms with Crippen molar-refractivity contribution in [2.75, 3.05) is 0 Å². The Kier molecular flexibility index (Phi) is 5.63. The fourth-order valence-electron chi connectivity index (χ4n) is 5.22. The number of hydrogen-bond donors (Lipinski definition) is 0. The molecule has 1 nitrogen and oxygen atoms in total. The Labute approximate surface area is 193 Å². The maximum atomic E-state index is 3.83. The van der Waals surface area contributed by atoms with Crippen LogP contribution in [0.1, 0.15) is 50.8 Å². The van der Waals surface area contributed by atoms with E-state index in [1.807, 2.05) is 6.08 Å². The molecule has 1 heterocycles. The molecular weight excluding hydrogens is 386 g/mol. The fourth-order valence-corrected chi connectivity index (χ4v) is 5.22. The molecule has 1 heteroatoms. The van der Waals surface area contributed by atoms with Crippen molar-refractivity contribution >= 4 is 21.8 Å². The van der Waals surface area contributed by atoms with E-state index >= 15 is 0 Å². The Balaban J connectivity index is 1.86. The van der Waals surface area contributed by atoms with Gasteiger partial charge in [0.05, 0.1) is 11.0 Å². The molecule has 0 saturated carbocycles. The van der Waals surface area contributed by atoms with Gasteiger partial charge in [0, 0.05) is 16.5 Å². The number of nitrogens with zero attached hydrogens (tertiary/aromatic N) is 1. The van der Waals surface area contributed by atoms with Gasteiger partial charge in [-0.1, -0.05) is 87.9 Å². The summed E-state index contributed by atoms with van der Waals surface area (Å²) in [6.07, 6.45) is 7.25. The van der Waals surface area contributed by atoms with E-state index in [9.17, 15) is 0 Å². The van der Waals surface area contributed by atoms with E-state index in [-0.39, 0.29) is 10.8 Å². The molecule has 1 aromatic heterocycles. The van der Waals surface area contributed by atoms with Crippen LogP contribution in [0.4, 0.5) is 0 Å². The first kappa shape index (κ1) is 22.1. The number of aromatic nitrogens is 1. The molecule has 0 atom stereocenters. The van der Waals surface area contributed by atoms with Crippen molar-refractivity contribution in [3.05, 3.63) is 102 Å². The fraction of sp³-hybridized carbons (Fsp3) is 0.290. The van der Waals surface area contributed by atoms with Crippen molar-refractivity contribution in [3.8, 4) is 5.69 Å². The zero-order chi connectivity index (χ0) is 23.1. The second-order valence-corrected chi connectivity index (χ2v) is 10.6. The molecule has 0 amide bonds. The Morgan fingerprint density at radius 2 is 1.41 bits per heavy atom. The summed E-state index contributed by atoms with van der Waals surface area (Å²) in [6, 6.07) is 22.7. The van der Waals surface area contributed by atoms with Gasteiger partial charge >= 0.3 is 0 Å². The molecule has 3 aromatic carbocycles. The Morgan fingerprint density at radius 1 is 0.812 bits per heavy atom. The lowest BCUT2D eigenvalue weighted by molar-refractivity contribution is 0.321. The number of aryl methyl sites for hydroxylation is 2. The third-order valence-electron chi connectivity index (χ3n) is 6.54. The lowest BCUT2D eigenvalue weighted by Crippen LogP contribution is -2.25. The van der Waals surface area contributed by atoms with Crippen LogP contribution in [-0.2, 0) is 5.41 Å². The highest BCUT2D eigenvalue weighted by Crippen LogP contribution is 2.39. The van der Waals surface area contributed by atoms with Crippen LogP contribution in [-0.4, -0.2) is 4.57 Å². The van der Waals surface area contributed by atoms with Gasteiger partial charge in [0.15, 0.2) is 0 Å². The van der Waals surface area contributed by atoms with Crippen molar-refractivity contribution in [2.24, 2.45) is 5.41 Å². The molecule has 4 aromatic rings. The Morgan fingerprint density at radius 3 is 1.97 bits per heavy atom. The maximum Gasteiger partial charge on any atom is 0.0541 e. The summed E-state index contributed by atoms with van der Waals surface area (Å²) in [5, 5.41) is 2.65. The Hall–Kier alpha value is -3.06.